The lowest BCUT2D eigenvalue weighted by Crippen LogP contribution is -2.37. The van der Waals surface area contributed by atoms with Gasteiger partial charge in [-0.1, -0.05) is 6.58 Å². The smallest absolute Gasteiger partial charge is 0.102 e. The summed E-state index contributed by atoms with van der Waals surface area (Å²) in [4.78, 5) is 0. The minimum Gasteiger partial charge on any atom is -0.386 e. The number of hydrogen-bond donors (Lipinski definition) is 1. The molecule has 1 N–H and O–H groups in total. The van der Waals surface area contributed by atoms with Gasteiger partial charge in [0, 0.05) is 12.2 Å². The normalized spacial score (nSPS) is 27.3. The molecule has 0 amide bonds. The van der Waals surface area contributed by atoms with Crippen molar-refractivity contribution in [2.75, 3.05) is 6.54 Å². The van der Waals surface area contributed by atoms with Crippen LogP contribution in [0, 0.1) is 17.2 Å². The van der Waals surface area contributed by atoms with Crippen LogP contribution in [0.2, 0.25) is 0 Å². The first-order chi connectivity index (χ1) is 3.34. The third-order valence-corrected chi connectivity index (χ3v) is 1.11. The molecule has 0 aromatic heterocycles. The van der Waals surface area contributed by atoms with Crippen molar-refractivity contribution < 1.29 is 0 Å². The van der Waals surface area contributed by atoms with E-state index < -0.39 is 0 Å². The summed E-state index contributed by atoms with van der Waals surface area (Å²) in [6.45, 7) is 4.37. The zero-order valence-electron chi connectivity index (χ0n) is 3.94. The van der Waals surface area contributed by atoms with E-state index in [-0.39, 0.29) is 5.92 Å². The predicted molar refractivity (Wildman–Crippen MR) is 26.2 cm³/mol. The fourth-order valence-corrected chi connectivity index (χ4v) is 0.472. The molecule has 1 atom stereocenters. The number of rotatable bonds is 0. The van der Waals surface area contributed by atoms with Crippen molar-refractivity contribution in [3.8, 4) is 6.07 Å². The molecule has 1 saturated heterocycles. The van der Waals surface area contributed by atoms with E-state index in [0.717, 1.165) is 12.2 Å². The summed E-state index contributed by atoms with van der Waals surface area (Å²) in [5.41, 5.74) is 0.863. The van der Waals surface area contributed by atoms with Crippen LogP contribution in [0.25, 0.3) is 0 Å². The zero-order chi connectivity index (χ0) is 5.28. The average molecular weight is 94.1 g/mol. The molecule has 1 aliphatic rings. The Morgan fingerprint density at radius 1 is 2.00 bits per heavy atom. The molecule has 2 nitrogen and oxygen atoms in total. The highest BCUT2D eigenvalue weighted by Gasteiger charge is 2.19. The molecule has 1 rings (SSSR count). The Hall–Kier alpha value is -0.970. The minimum atomic E-state index is 0.0833. The van der Waals surface area contributed by atoms with Crippen molar-refractivity contribution in [3.05, 3.63) is 12.3 Å². The standard InChI is InChI=1S/C5H6N2/c1-4-5(2-6)3-7-4/h5,7H,1,3H2. The van der Waals surface area contributed by atoms with Gasteiger partial charge in [-0.25, -0.2) is 0 Å². The topological polar surface area (TPSA) is 35.8 Å². The Labute approximate surface area is 42.4 Å². The largest absolute Gasteiger partial charge is 0.386 e. The highest BCUT2D eigenvalue weighted by Crippen LogP contribution is 2.11. The maximum atomic E-state index is 8.21. The second-order valence-corrected chi connectivity index (χ2v) is 1.59. The predicted octanol–water partition coefficient (Wildman–Crippen LogP) is 0.243. The Morgan fingerprint density at radius 2 is 2.71 bits per heavy atom. The van der Waals surface area contributed by atoms with E-state index >= 15 is 0 Å². The lowest BCUT2D eigenvalue weighted by molar-refractivity contribution is 0.531. The molecule has 0 radical (unpaired) electrons. The van der Waals surface area contributed by atoms with Gasteiger partial charge in [-0.05, 0) is 0 Å². The van der Waals surface area contributed by atoms with Crippen molar-refractivity contribution in [1.29, 1.82) is 5.26 Å². The van der Waals surface area contributed by atoms with Gasteiger partial charge in [0.2, 0.25) is 0 Å². The third kappa shape index (κ3) is 0.459. The molecule has 0 aromatic rings. The highest BCUT2D eigenvalue weighted by atomic mass is 15.0. The van der Waals surface area contributed by atoms with E-state index in [9.17, 15) is 0 Å². The van der Waals surface area contributed by atoms with Gasteiger partial charge in [0.05, 0.1) is 6.07 Å². The van der Waals surface area contributed by atoms with Gasteiger partial charge in [-0.15, -0.1) is 0 Å². The Morgan fingerprint density at radius 3 is 2.71 bits per heavy atom. The van der Waals surface area contributed by atoms with Gasteiger partial charge in [-0.2, -0.15) is 5.26 Å². The number of nitrogens with zero attached hydrogens (tertiary/aromatic N) is 1. The van der Waals surface area contributed by atoms with Crippen molar-refractivity contribution in [2.24, 2.45) is 5.92 Å². The fourth-order valence-electron chi connectivity index (χ4n) is 0.472. The lowest BCUT2D eigenvalue weighted by Gasteiger charge is -2.24. The molecular weight excluding hydrogens is 88.1 g/mol. The Balaban J connectivity index is 2.48. The monoisotopic (exact) mass is 94.1 g/mol. The molecule has 1 aliphatic heterocycles. The summed E-state index contributed by atoms with van der Waals surface area (Å²) in [5, 5.41) is 11.1. The molecule has 0 spiro atoms. The van der Waals surface area contributed by atoms with Gasteiger partial charge in [-0.3, -0.25) is 0 Å². The molecule has 36 valence electrons. The Kier molecular flexibility index (Phi) is 0.759. The van der Waals surface area contributed by atoms with E-state index in [2.05, 4.69) is 18.0 Å². The zero-order valence-corrected chi connectivity index (χ0v) is 3.94. The summed E-state index contributed by atoms with van der Waals surface area (Å²) in [5.74, 6) is 0.0833. The van der Waals surface area contributed by atoms with Crippen LogP contribution in [0.5, 0.6) is 0 Å². The van der Waals surface area contributed by atoms with Gasteiger partial charge in [0.1, 0.15) is 5.92 Å². The third-order valence-electron chi connectivity index (χ3n) is 1.11. The van der Waals surface area contributed by atoms with Crippen molar-refractivity contribution >= 4 is 0 Å². The Bertz CT molecular complexity index is 132. The van der Waals surface area contributed by atoms with Crippen molar-refractivity contribution in [1.82, 2.24) is 5.32 Å². The maximum absolute atomic E-state index is 8.21. The van der Waals surface area contributed by atoms with Crippen LogP contribution in [0.1, 0.15) is 0 Å². The summed E-state index contributed by atoms with van der Waals surface area (Å²) in [7, 11) is 0. The van der Waals surface area contributed by atoms with Crippen molar-refractivity contribution in [2.45, 2.75) is 0 Å². The summed E-state index contributed by atoms with van der Waals surface area (Å²) < 4.78 is 0. The second-order valence-electron chi connectivity index (χ2n) is 1.59. The lowest BCUT2D eigenvalue weighted by atomic mass is 10.0. The number of nitriles is 1. The summed E-state index contributed by atoms with van der Waals surface area (Å²) in [6.07, 6.45) is 0. The molecule has 1 heterocycles. The van der Waals surface area contributed by atoms with E-state index in [1.807, 2.05) is 0 Å². The van der Waals surface area contributed by atoms with Crippen LogP contribution in [0.15, 0.2) is 12.3 Å². The van der Waals surface area contributed by atoms with E-state index in [0.29, 0.717) is 0 Å². The second kappa shape index (κ2) is 1.27. The fraction of sp³-hybridized carbons (Fsp3) is 0.400. The molecule has 0 aromatic carbocycles. The van der Waals surface area contributed by atoms with Crippen LogP contribution < -0.4 is 5.32 Å². The van der Waals surface area contributed by atoms with Crippen LogP contribution in [-0.4, -0.2) is 6.54 Å². The van der Waals surface area contributed by atoms with Crippen molar-refractivity contribution in [3.63, 3.8) is 0 Å². The van der Waals surface area contributed by atoms with Gasteiger partial charge in [0.15, 0.2) is 0 Å². The van der Waals surface area contributed by atoms with Gasteiger partial charge in [0.25, 0.3) is 0 Å². The van der Waals surface area contributed by atoms with Crippen LogP contribution in [0.3, 0.4) is 0 Å². The average Bonchev–Trinajstić information content (AvgIpc) is 1.65. The first-order valence-electron chi connectivity index (χ1n) is 2.17. The first kappa shape index (κ1) is 4.20. The minimum absolute atomic E-state index is 0.0833. The first-order valence-corrected chi connectivity index (χ1v) is 2.17. The van der Waals surface area contributed by atoms with Crippen LogP contribution in [-0.2, 0) is 0 Å². The van der Waals surface area contributed by atoms with E-state index in [1.165, 1.54) is 0 Å². The van der Waals surface area contributed by atoms with Crippen LogP contribution >= 0.6 is 0 Å². The van der Waals surface area contributed by atoms with Gasteiger partial charge < -0.3 is 5.32 Å². The van der Waals surface area contributed by atoms with Crippen LogP contribution in [0.4, 0.5) is 0 Å². The number of nitrogens with one attached hydrogen (secondary N) is 1. The van der Waals surface area contributed by atoms with E-state index in [1.54, 1.807) is 0 Å². The van der Waals surface area contributed by atoms with E-state index in [4.69, 9.17) is 5.26 Å². The molecule has 1 fully saturated rings. The van der Waals surface area contributed by atoms with Gasteiger partial charge >= 0.3 is 0 Å². The molecule has 2 heteroatoms. The summed E-state index contributed by atoms with van der Waals surface area (Å²) >= 11 is 0. The summed E-state index contributed by atoms with van der Waals surface area (Å²) in [6, 6.07) is 2.09. The molecule has 0 saturated carbocycles. The SMILES string of the molecule is C=C1NCC1C#N. The maximum Gasteiger partial charge on any atom is 0.102 e. The molecule has 0 aliphatic carbocycles. The molecule has 7 heavy (non-hydrogen) atoms. The molecule has 1 unspecified atom stereocenters. The molecular formula is C5H6N2. The molecule has 0 bridgehead atoms. The highest BCUT2D eigenvalue weighted by molar-refractivity contribution is 5.17. The number of hydrogen-bond acceptors (Lipinski definition) is 2. The quantitative estimate of drug-likeness (QED) is 0.467.